The van der Waals surface area contributed by atoms with Crippen LogP contribution in [-0.2, 0) is 4.79 Å². The lowest BCUT2D eigenvalue weighted by molar-refractivity contribution is -0.115. The van der Waals surface area contributed by atoms with Gasteiger partial charge in [-0.3, -0.25) is 4.79 Å². The fourth-order valence-electron chi connectivity index (χ4n) is 6.41. The van der Waals surface area contributed by atoms with Crippen LogP contribution >= 0.6 is 0 Å². The molecule has 0 amide bonds. The summed E-state index contributed by atoms with van der Waals surface area (Å²) < 4.78 is 12.8. The zero-order chi connectivity index (χ0) is 32.2. The van der Waals surface area contributed by atoms with Crippen molar-refractivity contribution in [2.45, 2.75) is 74.1 Å². The van der Waals surface area contributed by atoms with E-state index in [-0.39, 0.29) is 17.3 Å². The van der Waals surface area contributed by atoms with Crippen molar-refractivity contribution in [2.75, 3.05) is 0 Å². The Balaban J connectivity index is 1.52. The first-order chi connectivity index (χ1) is 21.4. The highest BCUT2D eigenvalue weighted by Crippen LogP contribution is 2.42. The number of benzene rings is 1. The molecule has 1 aliphatic heterocycles. The molecule has 0 saturated carbocycles. The van der Waals surface area contributed by atoms with E-state index in [1.165, 1.54) is 33.4 Å². The molecule has 0 radical (unpaired) electrons. The van der Waals surface area contributed by atoms with Gasteiger partial charge in [0.1, 0.15) is 0 Å². The molecule has 5 aliphatic rings. The summed E-state index contributed by atoms with van der Waals surface area (Å²) >= 11 is 0. The summed E-state index contributed by atoms with van der Waals surface area (Å²) in [5.41, 5.74) is 14.8. The van der Waals surface area contributed by atoms with Gasteiger partial charge in [-0.15, -0.1) is 0 Å². The Morgan fingerprint density at radius 3 is 1.47 bits per heavy atom. The predicted octanol–water partition coefficient (Wildman–Crippen LogP) is 11.1. The van der Waals surface area contributed by atoms with E-state index in [9.17, 15) is 4.79 Å². The Bertz CT molecular complexity index is 1970. The van der Waals surface area contributed by atoms with Gasteiger partial charge in [-0.2, -0.15) is 0 Å². The molecule has 1 aromatic rings. The van der Waals surface area contributed by atoms with E-state index >= 15 is 0 Å². The number of hydrogen-bond acceptors (Lipinski definition) is 3. The molecule has 3 heteroatoms. The van der Waals surface area contributed by atoms with Gasteiger partial charge in [0.25, 0.3) is 5.78 Å². The van der Waals surface area contributed by atoms with Crippen LogP contribution in [-0.4, -0.2) is 5.78 Å². The number of ether oxygens (including phenoxy) is 2. The number of Topliss-reactive ketones (excluding diaryl/α,β-unsaturated/α-hetero) is 1. The second-order valence-electron chi connectivity index (χ2n) is 13.3. The summed E-state index contributed by atoms with van der Waals surface area (Å²) in [6, 6.07) is 23.4. The number of rotatable bonds is 4. The Hall–Kier alpha value is -4.63. The number of hydrogen-bond donors (Lipinski definition) is 0. The lowest BCUT2D eigenvalue weighted by atomic mass is 9.99. The van der Waals surface area contributed by atoms with Crippen molar-refractivity contribution in [2.24, 2.45) is 0 Å². The van der Waals surface area contributed by atoms with Crippen molar-refractivity contribution in [1.29, 1.82) is 0 Å². The molecule has 1 heterocycles. The summed E-state index contributed by atoms with van der Waals surface area (Å²) in [4.78, 5) is 14.4. The number of ketones is 1. The Kier molecular flexibility index (Phi) is 7.91. The van der Waals surface area contributed by atoms with Crippen LogP contribution in [0.5, 0.6) is 11.5 Å². The zero-order valence-electron chi connectivity index (χ0n) is 27.9. The molecule has 1 aromatic carbocycles. The van der Waals surface area contributed by atoms with Gasteiger partial charge in [-0.05, 0) is 143 Å². The average molecular weight is 595 g/mol. The van der Waals surface area contributed by atoms with Crippen LogP contribution in [0.1, 0.15) is 89.6 Å². The Morgan fingerprint density at radius 2 is 1.00 bits per heavy atom. The molecule has 0 unspecified atom stereocenters. The second-order valence-corrected chi connectivity index (χ2v) is 13.3. The van der Waals surface area contributed by atoms with Gasteiger partial charge in [0, 0.05) is 0 Å². The van der Waals surface area contributed by atoms with Gasteiger partial charge >= 0.3 is 0 Å². The topological polar surface area (TPSA) is 35.5 Å². The maximum atomic E-state index is 14.4. The van der Waals surface area contributed by atoms with Crippen LogP contribution in [0.15, 0.2) is 78.2 Å². The quantitative estimate of drug-likeness (QED) is 0.194. The van der Waals surface area contributed by atoms with Crippen LogP contribution in [0, 0.1) is 34.6 Å². The monoisotopic (exact) mass is 594 g/mol. The van der Waals surface area contributed by atoms with Crippen molar-refractivity contribution in [3.8, 4) is 33.8 Å². The lowest BCUT2D eigenvalue weighted by Crippen LogP contribution is -2.12. The van der Waals surface area contributed by atoms with Gasteiger partial charge in [-0.1, -0.05) is 82.3 Å². The van der Waals surface area contributed by atoms with Crippen molar-refractivity contribution in [1.82, 2.24) is 0 Å². The molecule has 0 saturated heterocycles. The lowest BCUT2D eigenvalue weighted by Gasteiger charge is -2.08. The van der Waals surface area contributed by atoms with Crippen LogP contribution in [0.3, 0.4) is 0 Å². The second kappa shape index (κ2) is 11.7. The van der Waals surface area contributed by atoms with E-state index in [0.717, 1.165) is 38.9 Å². The van der Waals surface area contributed by atoms with E-state index in [1.807, 2.05) is 37.3 Å². The summed E-state index contributed by atoms with van der Waals surface area (Å²) in [5.74, 6) is 2.06. The minimum absolute atomic E-state index is 0.239. The normalized spacial score (nSPS) is 15.2. The number of carbonyl (C=O) groups excluding carboxylic acids is 1. The first kappa shape index (κ1) is 30.4. The summed E-state index contributed by atoms with van der Waals surface area (Å²) in [7, 11) is 0. The fourth-order valence-corrected chi connectivity index (χ4v) is 6.41. The minimum Gasteiger partial charge on any atom is -0.449 e. The van der Waals surface area contributed by atoms with E-state index in [0.29, 0.717) is 23.3 Å². The van der Waals surface area contributed by atoms with Crippen LogP contribution in [0.2, 0.25) is 0 Å². The Morgan fingerprint density at radius 1 is 0.533 bits per heavy atom. The smallest absolute Gasteiger partial charge is 0.263 e. The van der Waals surface area contributed by atoms with Gasteiger partial charge < -0.3 is 9.47 Å². The molecular formula is C42H42O3. The molecule has 3 nitrogen and oxygen atoms in total. The summed E-state index contributed by atoms with van der Waals surface area (Å²) in [6.45, 7) is 19.4. The van der Waals surface area contributed by atoms with Gasteiger partial charge in [0.2, 0.25) is 0 Å². The molecular weight excluding hydrogens is 552 g/mol. The Labute approximate surface area is 267 Å². The third kappa shape index (κ3) is 5.68. The van der Waals surface area contributed by atoms with Crippen LogP contribution < -0.4 is 9.47 Å². The molecule has 4 aliphatic carbocycles. The first-order valence-electron chi connectivity index (χ1n) is 15.9. The molecule has 0 bridgehead atoms. The predicted molar refractivity (Wildman–Crippen MR) is 187 cm³/mol. The molecule has 0 aromatic heterocycles. The van der Waals surface area contributed by atoms with E-state index in [4.69, 9.17) is 9.47 Å². The van der Waals surface area contributed by atoms with Crippen LogP contribution in [0.4, 0.5) is 0 Å². The van der Waals surface area contributed by atoms with E-state index in [2.05, 4.69) is 104 Å². The average Bonchev–Trinajstić information content (AvgIpc) is 3.22. The SMILES string of the molecule is Cc1ccc2c(c1)O/C(=C\c1cc(C)c3cc(C(C)C)ccc(C)c1-3)C(=O)/C(=C/c1cc(C)c3cc(C(C)C)ccc(C)c1-3)O2. The van der Waals surface area contributed by atoms with E-state index in [1.54, 1.807) is 0 Å². The maximum absolute atomic E-state index is 14.4. The summed E-state index contributed by atoms with van der Waals surface area (Å²) in [5, 5.41) is 0. The number of aryl methyl sites for hydroxylation is 5. The number of carbonyl (C=O) groups is 1. The molecule has 228 valence electrons. The number of fused-ring (bicyclic) bond motifs is 3. The molecule has 6 rings (SSSR count). The van der Waals surface area contributed by atoms with Crippen molar-refractivity contribution in [3.05, 3.63) is 128 Å². The zero-order valence-corrected chi connectivity index (χ0v) is 27.9. The minimum atomic E-state index is -0.287. The van der Waals surface area contributed by atoms with Crippen LogP contribution in [0.25, 0.3) is 34.4 Å². The molecule has 45 heavy (non-hydrogen) atoms. The van der Waals surface area contributed by atoms with E-state index < -0.39 is 0 Å². The van der Waals surface area contributed by atoms with Gasteiger partial charge in [-0.25, -0.2) is 0 Å². The highest BCUT2D eigenvalue weighted by Gasteiger charge is 2.29. The molecule has 0 spiro atoms. The third-order valence-corrected chi connectivity index (χ3v) is 9.07. The maximum Gasteiger partial charge on any atom is 0.263 e. The molecule has 0 atom stereocenters. The standard InChI is InChI=1S/C42H42O3/c1-23(2)30-13-11-26(6)40-32(17-28(8)34(40)19-30)21-38-42(43)39(45-37-16-25(5)10-15-36(37)44-38)22-33-18-29(9)35-20-31(24(3)4)14-12-27(7)41(33)35/h10-24H,1-9H3/b38-21-,39-22-. The highest BCUT2D eigenvalue weighted by molar-refractivity contribution is 6.12. The largest absolute Gasteiger partial charge is 0.449 e. The van der Waals surface area contributed by atoms with Crippen molar-refractivity contribution < 1.29 is 14.3 Å². The van der Waals surface area contributed by atoms with Crippen molar-refractivity contribution >= 4 is 17.9 Å². The van der Waals surface area contributed by atoms with Gasteiger partial charge in [0.15, 0.2) is 23.0 Å². The molecule has 0 fully saturated rings. The summed E-state index contributed by atoms with van der Waals surface area (Å²) in [6.07, 6.45) is 3.78. The van der Waals surface area contributed by atoms with Gasteiger partial charge in [0.05, 0.1) is 0 Å². The van der Waals surface area contributed by atoms with Crippen molar-refractivity contribution in [3.63, 3.8) is 0 Å². The first-order valence-corrected chi connectivity index (χ1v) is 15.9. The third-order valence-electron chi connectivity index (χ3n) is 9.07. The molecule has 0 N–H and O–H groups in total. The fraction of sp³-hybridized carbons (Fsp3) is 0.262. The highest BCUT2D eigenvalue weighted by atomic mass is 16.5.